The molecule has 3 rings (SSSR count). The van der Waals surface area contributed by atoms with Gasteiger partial charge >= 0.3 is 0 Å². The Morgan fingerprint density at radius 2 is 2.04 bits per heavy atom. The van der Waals surface area contributed by atoms with Crippen molar-refractivity contribution in [3.8, 4) is 0 Å². The molecule has 0 aliphatic carbocycles. The van der Waals surface area contributed by atoms with E-state index in [1.807, 2.05) is 6.07 Å². The quantitative estimate of drug-likeness (QED) is 0.569. The summed E-state index contributed by atoms with van der Waals surface area (Å²) in [5, 5.41) is 4.25. The molecular weight excluding hydrogens is 334 g/mol. The average Bonchev–Trinajstić information content (AvgIpc) is 3.10. The zero-order chi connectivity index (χ0) is 19.1. The summed E-state index contributed by atoms with van der Waals surface area (Å²) in [5.41, 5.74) is 4.72. The van der Waals surface area contributed by atoms with Gasteiger partial charge in [0.15, 0.2) is 0 Å². The Morgan fingerprint density at radius 3 is 2.78 bits per heavy atom. The van der Waals surface area contributed by atoms with Crippen LogP contribution in [-0.4, -0.2) is 35.4 Å². The second kappa shape index (κ2) is 9.75. The van der Waals surface area contributed by atoms with Crippen LogP contribution in [0.4, 0.5) is 5.69 Å². The standard InChI is InChI=1S/C23H33N3O/c1-3-5-7-13-26-14-11-18(12-15-26)21-17-24-22-10-9-19(16-20(21)22)25-23(27)8-6-4-2/h9-11,16-17,24H,3-8,12-15H2,1-2H3,(H,25,27). The molecule has 0 atom stereocenters. The van der Waals surface area contributed by atoms with Crippen LogP contribution >= 0.6 is 0 Å². The van der Waals surface area contributed by atoms with Crippen LogP contribution in [0.2, 0.25) is 0 Å². The molecule has 1 aliphatic rings. The molecule has 2 N–H and O–H groups in total. The molecule has 1 aliphatic heterocycles. The summed E-state index contributed by atoms with van der Waals surface area (Å²) in [4.78, 5) is 18.0. The SMILES string of the molecule is CCCCCN1CC=C(c2c[nH]c3ccc(NC(=O)CCCC)cc23)CC1. The lowest BCUT2D eigenvalue weighted by Gasteiger charge is -2.26. The van der Waals surface area contributed by atoms with Gasteiger partial charge in [-0.25, -0.2) is 0 Å². The Hall–Kier alpha value is -2.07. The van der Waals surface area contributed by atoms with Gasteiger partial charge in [0, 0.05) is 47.9 Å². The Labute approximate surface area is 163 Å². The number of hydrogen-bond donors (Lipinski definition) is 2. The maximum absolute atomic E-state index is 12.0. The van der Waals surface area contributed by atoms with Gasteiger partial charge in [-0.15, -0.1) is 0 Å². The van der Waals surface area contributed by atoms with Crippen LogP contribution in [0.25, 0.3) is 16.5 Å². The summed E-state index contributed by atoms with van der Waals surface area (Å²) in [5.74, 6) is 0.105. The monoisotopic (exact) mass is 367 g/mol. The van der Waals surface area contributed by atoms with Crippen molar-refractivity contribution in [1.29, 1.82) is 0 Å². The number of unbranched alkanes of at least 4 members (excludes halogenated alkanes) is 3. The number of rotatable bonds is 9. The maximum atomic E-state index is 12.0. The lowest BCUT2D eigenvalue weighted by molar-refractivity contribution is -0.116. The normalized spacial score (nSPS) is 15.1. The van der Waals surface area contributed by atoms with E-state index < -0.39 is 0 Å². The van der Waals surface area contributed by atoms with Gasteiger partial charge in [-0.05, 0) is 49.6 Å². The molecule has 0 bridgehead atoms. The molecule has 0 fully saturated rings. The molecule has 2 aromatic rings. The minimum Gasteiger partial charge on any atom is -0.361 e. The number of H-pyrrole nitrogens is 1. The molecule has 146 valence electrons. The highest BCUT2D eigenvalue weighted by Crippen LogP contribution is 2.31. The van der Waals surface area contributed by atoms with Crippen molar-refractivity contribution in [2.45, 2.75) is 58.8 Å². The van der Waals surface area contributed by atoms with E-state index in [0.717, 1.165) is 43.6 Å². The third kappa shape index (κ3) is 5.23. The van der Waals surface area contributed by atoms with Gasteiger partial charge in [0.1, 0.15) is 0 Å². The number of hydrogen-bond acceptors (Lipinski definition) is 2. The van der Waals surface area contributed by atoms with Gasteiger partial charge in [-0.3, -0.25) is 9.69 Å². The summed E-state index contributed by atoms with van der Waals surface area (Å²) < 4.78 is 0. The van der Waals surface area contributed by atoms with Gasteiger partial charge in [0.2, 0.25) is 5.91 Å². The van der Waals surface area contributed by atoms with Crippen LogP contribution in [0.3, 0.4) is 0 Å². The van der Waals surface area contributed by atoms with E-state index in [1.165, 1.54) is 42.3 Å². The first-order valence-corrected chi connectivity index (χ1v) is 10.5. The number of anilines is 1. The lowest BCUT2D eigenvalue weighted by atomic mass is 9.98. The topological polar surface area (TPSA) is 48.1 Å². The van der Waals surface area contributed by atoms with Crippen LogP contribution in [0.1, 0.15) is 64.4 Å². The molecule has 0 radical (unpaired) electrons. The molecule has 4 nitrogen and oxygen atoms in total. The zero-order valence-corrected chi connectivity index (χ0v) is 16.8. The number of carbonyl (C=O) groups excluding carboxylic acids is 1. The van der Waals surface area contributed by atoms with Crippen molar-refractivity contribution >= 4 is 28.1 Å². The molecule has 0 saturated heterocycles. The van der Waals surface area contributed by atoms with Gasteiger partial charge in [-0.2, -0.15) is 0 Å². The molecule has 1 aromatic heterocycles. The van der Waals surface area contributed by atoms with Gasteiger partial charge in [0.05, 0.1) is 0 Å². The Bertz CT molecular complexity index is 790. The molecular formula is C23H33N3O. The summed E-state index contributed by atoms with van der Waals surface area (Å²) >= 11 is 0. The molecule has 0 saturated carbocycles. The predicted molar refractivity (Wildman–Crippen MR) is 115 cm³/mol. The number of aromatic amines is 1. The van der Waals surface area contributed by atoms with E-state index in [0.29, 0.717) is 6.42 Å². The number of nitrogens with one attached hydrogen (secondary N) is 2. The Morgan fingerprint density at radius 1 is 1.19 bits per heavy atom. The van der Waals surface area contributed by atoms with Crippen molar-refractivity contribution in [2.24, 2.45) is 0 Å². The third-order valence-electron chi connectivity index (χ3n) is 5.44. The molecule has 1 aromatic carbocycles. The first kappa shape index (κ1) is 19.7. The number of carbonyl (C=O) groups is 1. The van der Waals surface area contributed by atoms with E-state index in [-0.39, 0.29) is 5.91 Å². The maximum Gasteiger partial charge on any atom is 0.224 e. The fourth-order valence-electron chi connectivity index (χ4n) is 3.77. The highest BCUT2D eigenvalue weighted by Gasteiger charge is 2.16. The molecule has 4 heteroatoms. The first-order chi connectivity index (χ1) is 13.2. The molecule has 0 spiro atoms. The molecule has 2 heterocycles. The van der Waals surface area contributed by atoms with Crippen molar-refractivity contribution < 1.29 is 4.79 Å². The van der Waals surface area contributed by atoms with Crippen molar-refractivity contribution in [2.75, 3.05) is 25.0 Å². The minimum absolute atomic E-state index is 0.105. The number of amides is 1. The Kier molecular flexibility index (Phi) is 7.11. The summed E-state index contributed by atoms with van der Waals surface area (Å²) in [7, 11) is 0. The summed E-state index contributed by atoms with van der Waals surface area (Å²) in [6, 6.07) is 6.16. The number of aromatic nitrogens is 1. The fourth-order valence-corrected chi connectivity index (χ4v) is 3.77. The van der Waals surface area contributed by atoms with E-state index in [9.17, 15) is 4.79 Å². The van der Waals surface area contributed by atoms with E-state index >= 15 is 0 Å². The lowest BCUT2D eigenvalue weighted by Crippen LogP contribution is -2.29. The molecule has 1 amide bonds. The largest absolute Gasteiger partial charge is 0.361 e. The van der Waals surface area contributed by atoms with E-state index in [2.05, 4.69) is 53.5 Å². The Balaban J connectivity index is 1.70. The highest BCUT2D eigenvalue weighted by molar-refractivity contribution is 5.98. The predicted octanol–water partition coefficient (Wildman–Crippen LogP) is 5.58. The van der Waals surface area contributed by atoms with Crippen LogP contribution in [0.15, 0.2) is 30.5 Å². The minimum atomic E-state index is 0.105. The van der Waals surface area contributed by atoms with Crippen LogP contribution < -0.4 is 5.32 Å². The molecule has 27 heavy (non-hydrogen) atoms. The number of nitrogens with zero attached hydrogens (tertiary/aromatic N) is 1. The highest BCUT2D eigenvalue weighted by atomic mass is 16.1. The van der Waals surface area contributed by atoms with E-state index in [4.69, 9.17) is 0 Å². The summed E-state index contributed by atoms with van der Waals surface area (Å²) in [6.07, 6.45) is 12.1. The van der Waals surface area contributed by atoms with Crippen LogP contribution in [0.5, 0.6) is 0 Å². The number of benzene rings is 1. The second-order valence-electron chi connectivity index (χ2n) is 7.60. The van der Waals surface area contributed by atoms with Crippen LogP contribution in [0, 0.1) is 0 Å². The van der Waals surface area contributed by atoms with Gasteiger partial charge in [-0.1, -0.05) is 39.2 Å². The van der Waals surface area contributed by atoms with Crippen molar-refractivity contribution in [3.05, 3.63) is 36.0 Å². The van der Waals surface area contributed by atoms with Crippen molar-refractivity contribution in [1.82, 2.24) is 9.88 Å². The molecule has 0 unspecified atom stereocenters. The van der Waals surface area contributed by atoms with Crippen LogP contribution in [-0.2, 0) is 4.79 Å². The fraction of sp³-hybridized carbons (Fsp3) is 0.522. The van der Waals surface area contributed by atoms with Gasteiger partial charge in [0.25, 0.3) is 0 Å². The van der Waals surface area contributed by atoms with Crippen molar-refractivity contribution in [3.63, 3.8) is 0 Å². The third-order valence-corrected chi connectivity index (χ3v) is 5.44. The average molecular weight is 368 g/mol. The zero-order valence-electron chi connectivity index (χ0n) is 16.8. The number of fused-ring (bicyclic) bond motifs is 1. The summed E-state index contributed by atoms with van der Waals surface area (Å²) in [6.45, 7) is 7.74. The second-order valence-corrected chi connectivity index (χ2v) is 7.60. The first-order valence-electron chi connectivity index (χ1n) is 10.5. The van der Waals surface area contributed by atoms with Gasteiger partial charge < -0.3 is 10.3 Å². The smallest absolute Gasteiger partial charge is 0.224 e. The van der Waals surface area contributed by atoms with E-state index in [1.54, 1.807) is 0 Å².